The van der Waals surface area contributed by atoms with Crippen LogP contribution in [0, 0.1) is 11.3 Å². The van der Waals surface area contributed by atoms with E-state index >= 15 is 0 Å². The second-order valence-corrected chi connectivity index (χ2v) is 12.4. The maximum Gasteiger partial charge on any atom is 0.405 e. The predicted molar refractivity (Wildman–Crippen MR) is 142 cm³/mol. The van der Waals surface area contributed by atoms with E-state index in [1.54, 1.807) is 38.1 Å². The first-order valence-corrected chi connectivity index (χ1v) is 14.7. The number of aliphatic hydroxyl groups excluding tert-OH is 2. The van der Waals surface area contributed by atoms with Crippen LogP contribution < -0.4 is 16.3 Å². The van der Waals surface area contributed by atoms with Crippen LogP contribution in [0.15, 0.2) is 52.2 Å². The van der Waals surface area contributed by atoms with Gasteiger partial charge in [0.1, 0.15) is 6.10 Å². The Balaban J connectivity index is 1.68. The fourth-order valence-corrected chi connectivity index (χ4v) is 5.88. The molecule has 0 aliphatic carbocycles. The summed E-state index contributed by atoms with van der Waals surface area (Å²) in [6.07, 6.45) is -2.74. The molecule has 1 saturated heterocycles. The molecule has 0 spiro atoms. The van der Waals surface area contributed by atoms with Crippen LogP contribution in [0.25, 0.3) is 0 Å². The van der Waals surface area contributed by atoms with Crippen LogP contribution in [0.3, 0.4) is 0 Å². The molecule has 0 amide bonds. The van der Waals surface area contributed by atoms with Crippen LogP contribution in [0.5, 0.6) is 0 Å². The van der Waals surface area contributed by atoms with Crippen molar-refractivity contribution in [3.63, 3.8) is 0 Å². The van der Waals surface area contributed by atoms with E-state index in [0.29, 0.717) is 0 Å². The third-order valence-electron chi connectivity index (χ3n) is 6.08. The molecule has 5 atom stereocenters. The Hall–Kier alpha value is -2.16. The quantitative estimate of drug-likeness (QED) is 0.186. The van der Waals surface area contributed by atoms with Crippen molar-refractivity contribution in [1.29, 1.82) is 0 Å². The van der Waals surface area contributed by atoms with Crippen molar-refractivity contribution in [2.45, 2.75) is 38.8 Å². The van der Waals surface area contributed by atoms with Crippen molar-refractivity contribution in [2.24, 2.45) is 11.3 Å². The minimum absolute atomic E-state index is 0.109. The number of aromatic nitrogens is 2. The van der Waals surface area contributed by atoms with Gasteiger partial charge in [-0.2, -0.15) is 0 Å². The Kier molecular flexibility index (Phi) is 11.2. The van der Waals surface area contributed by atoms with E-state index in [-0.39, 0.29) is 30.6 Å². The lowest BCUT2D eigenvalue weighted by molar-refractivity contribution is -0.119. The van der Waals surface area contributed by atoms with Gasteiger partial charge in [-0.3, -0.25) is 32.6 Å². The van der Waals surface area contributed by atoms with E-state index in [1.165, 1.54) is 0 Å². The summed E-state index contributed by atoms with van der Waals surface area (Å²) >= 11 is 0.918. The molecular formula is C24H33FN3O9PS. The molecule has 5 unspecified atom stereocenters. The number of hydrogen-bond donors (Lipinski definition) is 4. The molecular weight excluding hydrogens is 556 g/mol. The number of aromatic amines is 1. The van der Waals surface area contributed by atoms with Gasteiger partial charge in [0.15, 0.2) is 11.3 Å². The number of benzene rings is 1. The average molecular weight is 590 g/mol. The van der Waals surface area contributed by atoms with E-state index in [0.717, 1.165) is 34.2 Å². The second kappa shape index (κ2) is 14.0. The SMILES string of the molecule is CC(C)(CO)C(=O)SCCOP(=O)(NCc1ccccc1)OCC1OC(n2ccc(=O)[nH]c2=O)C(O)C1CF. The lowest BCUT2D eigenvalue weighted by atomic mass is 9.97. The number of alkyl halides is 1. The summed E-state index contributed by atoms with van der Waals surface area (Å²) in [6, 6.07) is 10.1. The zero-order valence-electron chi connectivity index (χ0n) is 21.5. The molecule has 15 heteroatoms. The highest BCUT2D eigenvalue weighted by Gasteiger charge is 2.46. The maximum absolute atomic E-state index is 13.9. The molecule has 0 radical (unpaired) electrons. The topological polar surface area (TPSA) is 169 Å². The molecule has 39 heavy (non-hydrogen) atoms. The normalized spacial score (nSPS) is 23.0. The Bertz CT molecular complexity index is 1260. The zero-order chi connectivity index (χ0) is 28.6. The number of nitrogens with zero attached hydrogens (tertiary/aromatic N) is 1. The van der Waals surface area contributed by atoms with Gasteiger partial charge in [-0.25, -0.2) is 14.4 Å². The fourth-order valence-electron chi connectivity index (χ4n) is 3.64. The third-order valence-corrected chi connectivity index (χ3v) is 8.82. The summed E-state index contributed by atoms with van der Waals surface area (Å²) in [7, 11) is -4.03. The number of thioether (sulfide) groups is 1. The molecule has 4 N–H and O–H groups in total. The van der Waals surface area contributed by atoms with Crippen molar-refractivity contribution in [1.82, 2.24) is 14.6 Å². The summed E-state index contributed by atoms with van der Waals surface area (Å²) in [5, 5.41) is 22.4. The van der Waals surface area contributed by atoms with Crippen molar-refractivity contribution in [3.8, 4) is 0 Å². The molecule has 1 fully saturated rings. The third kappa shape index (κ3) is 8.41. The summed E-state index contributed by atoms with van der Waals surface area (Å²) in [5.74, 6) is -0.990. The molecule has 1 aromatic heterocycles. The minimum Gasteiger partial charge on any atom is -0.395 e. The van der Waals surface area contributed by atoms with Crippen molar-refractivity contribution < 1.29 is 37.7 Å². The summed E-state index contributed by atoms with van der Waals surface area (Å²) < 4.78 is 45.2. The van der Waals surface area contributed by atoms with E-state index in [1.807, 2.05) is 11.1 Å². The van der Waals surface area contributed by atoms with E-state index in [9.17, 15) is 33.6 Å². The van der Waals surface area contributed by atoms with Crippen molar-refractivity contribution in [2.75, 3.05) is 32.2 Å². The first kappa shape index (κ1) is 31.4. The molecule has 1 aliphatic heterocycles. The number of H-pyrrole nitrogens is 1. The Morgan fingerprint density at radius 1 is 1.26 bits per heavy atom. The van der Waals surface area contributed by atoms with Crippen LogP contribution >= 0.6 is 19.5 Å². The molecule has 1 aromatic carbocycles. The number of aliphatic hydroxyl groups is 2. The standard InChI is InChI=1S/C24H33FN3O9PS/c1-24(2,15-29)22(32)39-11-10-35-38(34,26-13-16-6-4-3-5-7-16)36-14-18-17(12-25)20(31)21(37-18)28-9-8-19(30)27-23(28)33/h3-9,17-18,20-21,29,31H,10-15H2,1-2H3,(H,26,34)(H,27,30,33). The van der Waals surface area contributed by atoms with E-state index in [4.69, 9.17) is 13.8 Å². The highest BCUT2D eigenvalue weighted by molar-refractivity contribution is 8.13. The first-order chi connectivity index (χ1) is 18.5. The van der Waals surface area contributed by atoms with Crippen LogP contribution in [0.4, 0.5) is 4.39 Å². The number of carbonyl (C=O) groups excluding carboxylic acids is 1. The van der Waals surface area contributed by atoms with Crippen molar-refractivity contribution >= 4 is 24.6 Å². The number of halogens is 1. The number of hydrogen-bond acceptors (Lipinski definition) is 10. The van der Waals surface area contributed by atoms with Gasteiger partial charge in [-0.15, -0.1) is 0 Å². The number of rotatable bonds is 14. The molecule has 12 nitrogen and oxygen atoms in total. The molecule has 2 aromatic rings. The van der Waals surface area contributed by atoms with Gasteiger partial charge in [0.05, 0.1) is 38.0 Å². The van der Waals surface area contributed by atoms with Crippen LogP contribution in [0.2, 0.25) is 0 Å². The molecule has 1 aliphatic rings. The number of ether oxygens (including phenoxy) is 1. The van der Waals surface area contributed by atoms with E-state index < -0.39 is 62.0 Å². The molecule has 0 saturated carbocycles. The lowest BCUT2D eigenvalue weighted by Crippen LogP contribution is -2.36. The Labute approximate surface area is 228 Å². The predicted octanol–water partition coefficient (Wildman–Crippen LogP) is 1.59. The summed E-state index contributed by atoms with van der Waals surface area (Å²) in [6.45, 7) is 1.36. The Morgan fingerprint density at radius 2 is 1.97 bits per heavy atom. The monoisotopic (exact) mass is 589 g/mol. The van der Waals surface area contributed by atoms with Gasteiger partial charge in [0.2, 0.25) is 0 Å². The van der Waals surface area contributed by atoms with Gasteiger partial charge in [0.25, 0.3) is 5.56 Å². The van der Waals surface area contributed by atoms with Gasteiger partial charge >= 0.3 is 13.4 Å². The average Bonchev–Trinajstić information content (AvgIpc) is 3.24. The Morgan fingerprint density at radius 3 is 2.62 bits per heavy atom. The highest BCUT2D eigenvalue weighted by atomic mass is 32.2. The molecule has 216 valence electrons. The summed E-state index contributed by atoms with van der Waals surface area (Å²) in [5.41, 5.74) is -1.65. The number of carbonyl (C=O) groups is 1. The van der Waals surface area contributed by atoms with Gasteiger partial charge in [-0.1, -0.05) is 42.1 Å². The van der Waals surface area contributed by atoms with Crippen molar-refractivity contribution in [3.05, 3.63) is 69.0 Å². The molecule has 3 rings (SSSR count). The maximum atomic E-state index is 13.9. The number of nitrogens with one attached hydrogen (secondary N) is 2. The minimum atomic E-state index is -4.03. The van der Waals surface area contributed by atoms with Crippen LogP contribution in [-0.4, -0.2) is 69.3 Å². The van der Waals surface area contributed by atoms with Gasteiger partial charge in [0, 0.05) is 30.5 Å². The second-order valence-electron chi connectivity index (χ2n) is 9.52. The largest absolute Gasteiger partial charge is 0.405 e. The lowest BCUT2D eigenvalue weighted by Gasteiger charge is -2.23. The van der Waals surface area contributed by atoms with Crippen LogP contribution in [-0.2, 0) is 29.7 Å². The molecule has 0 bridgehead atoms. The first-order valence-electron chi connectivity index (χ1n) is 12.2. The van der Waals surface area contributed by atoms with Crippen LogP contribution in [0.1, 0.15) is 25.6 Å². The van der Waals surface area contributed by atoms with Gasteiger partial charge < -0.3 is 14.9 Å². The fraction of sp³-hybridized carbons (Fsp3) is 0.542. The zero-order valence-corrected chi connectivity index (χ0v) is 23.2. The van der Waals surface area contributed by atoms with Gasteiger partial charge in [-0.05, 0) is 19.4 Å². The highest BCUT2D eigenvalue weighted by Crippen LogP contribution is 2.46. The summed E-state index contributed by atoms with van der Waals surface area (Å²) in [4.78, 5) is 37.8. The van der Waals surface area contributed by atoms with E-state index in [2.05, 4.69) is 5.09 Å². The molecule has 2 heterocycles. The smallest absolute Gasteiger partial charge is 0.395 e.